The van der Waals surface area contributed by atoms with E-state index in [1.54, 1.807) is 14.0 Å². The van der Waals surface area contributed by atoms with Gasteiger partial charge in [-0.3, -0.25) is 14.3 Å². The van der Waals surface area contributed by atoms with Crippen LogP contribution in [-0.4, -0.2) is 61.8 Å². The first-order valence-electron chi connectivity index (χ1n) is 13.9. The Morgan fingerprint density at radius 3 is 2.12 bits per heavy atom. The van der Waals surface area contributed by atoms with E-state index < -0.39 is 48.2 Å². The second kappa shape index (κ2) is 11.3. The molecular weight excluding hydrogens is 553 g/mol. The normalized spacial score (nSPS) is 19.9. The van der Waals surface area contributed by atoms with Crippen molar-refractivity contribution in [2.24, 2.45) is 5.92 Å². The molecule has 3 aromatic carbocycles. The smallest absolute Gasteiger partial charge is 0.280 e. The van der Waals surface area contributed by atoms with E-state index in [2.05, 4.69) is 15.3 Å². The van der Waals surface area contributed by atoms with Gasteiger partial charge in [0, 0.05) is 5.92 Å². The average molecular weight is 586 g/mol. The van der Waals surface area contributed by atoms with Gasteiger partial charge in [-0.05, 0) is 28.8 Å². The maximum atomic E-state index is 15.6. The fourth-order valence-electron chi connectivity index (χ4n) is 5.86. The Kier molecular flexibility index (Phi) is 7.47. The summed E-state index contributed by atoms with van der Waals surface area (Å²) in [4.78, 5) is 25.1. The van der Waals surface area contributed by atoms with Crippen molar-refractivity contribution < 1.29 is 24.1 Å². The molecule has 5 aromatic rings. The molecule has 0 saturated carbocycles. The van der Waals surface area contributed by atoms with Crippen LogP contribution >= 0.6 is 0 Å². The fourth-order valence-corrected chi connectivity index (χ4v) is 5.86. The van der Waals surface area contributed by atoms with E-state index in [0.717, 1.165) is 16.7 Å². The van der Waals surface area contributed by atoms with Gasteiger partial charge < -0.3 is 25.0 Å². The zero-order valence-electron chi connectivity index (χ0n) is 23.6. The summed E-state index contributed by atoms with van der Waals surface area (Å²) in [7, 11) is 1.60. The van der Waals surface area contributed by atoms with E-state index >= 15 is 4.39 Å². The Bertz CT molecular complexity index is 1720. The van der Waals surface area contributed by atoms with Crippen molar-refractivity contribution in [1.82, 2.24) is 19.5 Å². The molecule has 1 saturated heterocycles. The number of hydrogen-bond donors (Lipinski definition) is 4. The molecule has 0 aliphatic carbocycles. The number of benzene rings is 3. The van der Waals surface area contributed by atoms with Crippen LogP contribution < -0.4 is 15.6 Å². The first-order valence-corrected chi connectivity index (χ1v) is 13.9. The minimum absolute atomic E-state index is 0.00558. The van der Waals surface area contributed by atoms with Crippen molar-refractivity contribution in [2.45, 2.75) is 30.5 Å². The van der Waals surface area contributed by atoms with Crippen LogP contribution in [0, 0.1) is 5.92 Å². The number of aliphatic hydroxyl groups is 2. The van der Waals surface area contributed by atoms with Crippen molar-refractivity contribution in [3.8, 4) is 5.75 Å². The van der Waals surface area contributed by atoms with Gasteiger partial charge >= 0.3 is 0 Å². The third-order valence-corrected chi connectivity index (χ3v) is 8.42. The summed E-state index contributed by atoms with van der Waals surface area (Å²) in [6.07, 6.45) is -1.59. The van der Waals surface area contributed by atoms with Crippen LogP contribution in [0.2, 0.25) is 0 Å². The zero-order valence-corrected chi connectivity index (χ0v) is 23.6. The minimum atomic E-state index is -1.61. The minimum Gasteiger partial charge on any atom is -0.497 e. The third-order valence-electron chi connectivity index (χ3n) is 8.42. The summed E-state index contributed by atoms with van der Waals surface area (Å²) in [5.41, 5.74) is -0.399. The van der Waals surface area contributed by atoms with Gasteiger partial charge in [0.1, 0.15) is 16.9 Å². The van der Waals surface area contributed by atoms with Crippen molar-refractivity contribution >= 4 is 17.1 Å². The molecule has 3 atom stereocenters. The number of nitrogens with one attached hydrogen (secondary N) is 2. The summed E-state index contributed by atoms with van der Waals surface area (Å²) < 4.78 is 28.3. The predicted molar refractivity (Wildman–Crippen MR) is 159 cm³/mol. The van der Waals surface area contributed by atoms with Crippen molar-refractivity contribution in [3.63, 3.8) is 0 Å². The summed E-state index contributed by atoms with van der Waals surface area (Å²) in [5.74, 6) is -0.0349. The van der Waals surface area contributed by atoms with Crippen LogP contribution in [0.1, 0.15) is 29.8 Å². The monoisotopic (exact) mass is 585 g/mol. The van der Waals surface area contributed by atoms with E-state index in [0.29, 0.717) is 5.75 Å². The highest BCUT2D eigenvalue weighted by molar-refractivity contribution is 5.71. The maximum absolute atomic E-state index is 15.6. The Balaban J connectivity index is 1.53. The average Bonchev–Trinajstić information content (AvgIpc) is 3.59. The molecule has 0 unspecified atom stereocenters. The van der Waals surface area contributed by atoms with E-state index in [1.165, 1.54) is 10.9 Å². The molecule has 2 aromatic heterocycles. The van der Waals surface area contributed by atoms with Gasteiger partial charge in [0.05, 0.1) is 26.7 Å². The fraction of sp³-hybridized carbons (Fsp3) is 0.281. The Hall–Kier alpha value is -4.58. The number of rotatable bonds is 9. The summed E-state index contributed by atoms with van der Waals surface area (Å²) in [6, 6.07) is 27.1. The van der Waals surface area contributed by atoms with Crippen molar-refractivity contribution in [1.29, 1.82) is 0 Å². The number of H-pyrrole nitrogens is 1. The molecule has 1 fully saturated rings. The molecule has 0 spiro atoms. The summed E-state index contributed by atoms with van der Waals surface area (Å²) in [5, 5.41) is 23.4. The molecule has 6 rings (SSSR count). The van der Waals surface area contributed by atoms with Crippen LogP contribution in [0.15, 0.2) is 96.1 Å². The number of aromatic amines is 1. The Morgan fingerprint density at radius 2 is 1.58 bits per heavy atom. The van der Waals surface area contributed by atoms with E-state index in [9.17, 15) is 15.0 Å². The SMILES string of the molecule is COc1ccc(C(Nc2nc3c(ncn3[C@@H]3OC(CO)(CO)[C@@H](C)[C@H]3F)c(=O)[nH]2)(c2ccccc2)c2ccccc2)cc1. The number of anilines is 1. The molecular formula is C32H32FN5O5. The largest absolute Gasteiger partial charge is 0.497 e. The number of alkyl halides is 1. The first-order chi connectivity index (χ1) is 20.9. The van der Waals surface area contributed by atoms with Crippen molar-refractivity contribution in [3.05, 3.63) is 118 Å². The number of aromatic nitrogens is 4. The number of hydrogen-bond acceptors (Lipinski definition) is 8. The van der Waals surface area contributed by atoms with E-state index in [1.807, 2.05) is 84.9 Å². The quantitative estimate of drug-likeness (QED) is 0.192. The summed E-state index contributed by atoms with van der Waals surface area (Å²) in [6.45, 7) is 0.410. The van der Waals surface area contributed by atoms with Gasteiger partial charge in [-0.25, -0.2) is 9.37 Å². The number of halogens is 1. The molecule has 10 nitrogen and oxygen atoms in total. The van der Waals surface area contributed by atoms with E-state index in [-0.39, 0.29) is 17.1 Å². The zero-order chi connectivity index (χ0) is 30.2. The highest BCUT2D eigenvalue weighted by Gasteiger charge is 2.54. The molecule has 3 heterocycles. The number of imidazole rings is 1. The lowest BCUT2D eigenvalue weighted by atomic mass is 9.77. The molecule has 0 amide bonds. The van der Waals surface area contributed by atoms with Gasteiger partial charge in [-0.15, -0.1) is 0 Å². The van der Waals surface area contributed by atoms with Gasteiger partial charge in [0.2, 0.25) is 5.95 Å². The molecule has 43 heavy (non-hydrogen) atoms. The molecule has 4 N–H and O–H groups in total. The standard InChI is InChI=1S/C32H32FN5O5/c1-20-25(33)29(43-31(20,17-39)18-40)38-19-34-26-27(38)35-30(36-28(26)41)37-32(21-9-5-3-6-10-21,22-11-7-4-8-12-22)23-13-15-24(42-2)16-14-23/h3-16,19-20,25,29,39-40H,17-18H2,1-2H3,(H2,35,36,37,41)/t20-,25+,29+/m0/s1. The first kappa shape index (κ1) is 28.5. The van der Waals surface area contributed by atoms with Gasteiger partial charge in [-0.2, -0.15) is 4.98 Å². The van der Waals surface area contributed by atoms with Crippen LogP contribution in [0.5, 0.6) is 5.75 Å². The lowest BCUT2D eigenvalue weighted by Crippen LogP contribution is -2.43. The Morgan fingerprint density at radius 1 is 1.00 bits per heavy atom. The molecule has 1 aliphatic heterocycles. The second-order valence-electron chi connectivity index (χ2n) is 10.7. The number of ether oxygens (including phenoxy) is 2. The highest BCUT2D eigenvalue weighted by Crippen LogP contribution is 2.44. The summed E-state index contributed by atoms with van der Waals surface area (Å²) >= 11 is 0. The number of methoxy groups -OCH3 is 1. The van der Waals surface area contributed by atoms with Crippen LogP contribution in [0.3, 0.4) is 0 Å². The van der Waals surface area contributed by atoms with Gasteiger partial charge in [0.25, 0.3) is 5.56 Å². The molecule has 11 heteroatoms. The number of fused-ring (bicyclic) bond motifs is 1. The number of nitrogens with zero attached hydrogens (tertiary/aromatic N) is 3. The lowest BCUT2D eigenvalue weighted by molar-refractivity contribution is -0.134. The highest BCUT2D eigenvalue weighted by atomic mass is 19.1. The van der Waals surface area contributed by atoms with Crippen molar-refractivity contribution in [2.75, 3.05) is 25.6 Å². The molecule has 222 valence electrons. The number of aliphatic hydroxyl groups excluding tert-OH is 2. The third kappa shape index (κ3) is 4.66. The van der Waals surface area contributed by atoms with Crippen LogP contribution in [0.4, 0.5) is 10.3 Å². The topological polar surface area (TPSA) is 135 Å². The predicted octanol–water partition coefficient (Wildman–Crippen LogP) is 3.76. The van der Waals surface area contributed by atoms with Gasteiger partial charge in [-0.1, -0.05) is 79.7 Å². The molecule has 0 radical (unpaired) electrons. The van der Waals surface area contributed by atoms with E-state index in [4.69, 9.17) is 14.5 Å². The second-order valence-corrected chi connectivity index (χ2v) is 10.7. The van der Waals surface area contributed by atoms with Crippen LogP contribution in [-0.2, 0) is 10.3 Å². The molecule has 0 bridgehead atoms. The maximum Gasteiger partial charge on any atom is 0.280 e. The molecule has 1 aliphatic rings. The van der Waals surface area contributed by atoms with Gasteiger partial charge in [0.15, 0.2) is 23.6 Å². The Labute approximate surface area is 246 Å². The van der Waals surface area contributed by atoms with Crippen LogP contribution in [0.25, 0.3) is 11.2 Å². The lowest BCUT2D eigenvalue weighted by Gasteiger charge is -2.37.